The number of aliphatic hydroxyl groups is 1. The van der Waals surface area contributed by atoms with Crippen LogP contribution in [0.5, 0.6) is 0 Å². The van der Waals surface area contributed by atoms with Crippen molar-refractivity contribution in [3.8, 4) is 0 Å². The minimum Gasteiger partial charge on any atom is -0.393 e. The van der Waals surface area contributed by atoms with Gasteiger partial charge in [0.05, 0.1) is 18.3 Å². The topological polar surface area (TPSA) is 61.6 Å². The van der Waals surface area contributed by atoms with Crippen LogP contribution in [-0.4, -0.2) is 63.4 Å². The number of rotatable bonds is 4. The fraction of sp³-hybridized carbons (Fsp3) is 0.714. The fourth-order valence-electron chi connectivity index (χ4n) is 2.63. The molecule has 2 heterocycles. The lowest BCUT2D eigenvalue weighted by Gasteiger charge is -2.31. The van der Waals surface area contributed by atoms with Gasteiger partial charge in [-0.05, 0) is 26.8 Å². The summed E-state index contributed by atoms with van der Waals surface area (Å²) in [5.41, 5.74) is 1.85. The highest BCUT2D eigenvalue weighted by atomic mass is 35.5. The molecule has 1 aliphatic heterocycles. The number of likely N-dealkylation sites (tertiary alicyclic amines) is 1. The monoisotopic (exact) mass is 314 g/mol. The van der Waals surface area contributed by atoms with E-state index in [4.69, 9.17) is 11.6 Å². The van der Waals surface area contributed by atoms with Crippen molar-refractivity contribution in [2.75, 3.05) is 26.7 Å². The van der Waals surface area contributed by atoms with Crippen molar-refractivity contribution in [2.45, 2.75) is 32.4 Å². The summed E-state index contributed by atoms with van der Waals surface area (Å²) in [7, 11) is 3.71. The van der Waals surface area contributed by atoms with Crippen molar-refractivity contribution in [1.29, 1.82) is 0 Å². The molecule has 6 nitrogen and oxygen atoms in total. The number of halogens is 1. The molecule has 0 radical (unpaired) electrons. The van der Waals surface area contributed by atoms with Crippen molar-refractivity contribution < 1.29 is 9.90 Å². The molecule has 2 rings (SSSR count). The standard InChI is InChI=1S/C14H23ClN4O2/c1-10-12(14(15)18(3)16-10)8-17(2)9-13(21)19-6-4-11(20)5-7-19/h11,20H,4-9H2,1-3H3. The number of nitrogens with zero attached hydrogens (tertiary/aromatic N) is 4. The van der Waals surface area contributed by atoms with Crippen LogP contribution >= 0.6 is 11.6 Å². The van der Waals surface area contributed by atoms with Crippen LogP contribution < -0.4 is 0 Å². The molecule has 0 unspecified atom stereocenters. The molecule has 0 atom stereocenters. The van der Waals surface area contributed by atoms with Crippen LogP contribution in [0.1, 0.15) is 24.1 Å². The van der Waals surface area contributed by atoms with Gasteiger partial charge in [-0.25, -0.2) is 0 Å². The van der Waals surface area contributed by atoms with Crippen LogP contribution in [0.2, 0.25) is 5.15 Å². The number of aromatic nitrogens is 2. The Morgan fingerprint density at radius 3 is 2.62 bits per heavy atom. The van der Waals surface area contributed by atoms with E-state index >= 15 is 0 Å². The van der Waals surface area contributed by atoms with Gasteiger partial charge in [0.25, 0.3) is 0 Å². The largest absolute Gasteiger partial charge is 0.393 e. The molecule has 0 spiro atoms. The summed E-state index contributed by atoms with van der Waals surface area (Å²) in [4.78, 5) is 16.0. The number of aryl methyl sites for hydroxylation is 2. The molecule has 0 aliphatic carbocycles. The van der Waals surface area contributed by atoms with Gasteiger partial charge in [0.2, 0.25) is 5.91 Å². The zero-order chi connectivity index (χ0) is 15.6. The Hall–Kier alpha value is -1.11. The Balaban J connectivity index is 1.89. The van der Waals surface area contributed by atoms with E-state index in [1.807, 2.05) is 30.8 Å². The molecule has 0 aromatic carbocycles. The Labute approximate surface area is 130 Å². The number of piperidine rings is 1. The summed E-state index contributed by atoms with van der Waals surface area (Å²) in [6.45, 7) is 4.14. The normalized spacial score (nSPS) is 16.8. The van der Waals surface area contributed by atoms with Crippen LogP contribution in [0.3, 0.4) is 0 Å². The second-order valence-electron chi connectivity index (χ2n) is 5.76. The zero-order valence-electron chi connectivity index (χ0n) is 12.8. The van der Waals surface area contributed by atoms with Gasteiger partial charge in [-0.1, -0.05) is 11.6 Å². The quantitative estimate of drug-likeness (QED) is 0.893. The molecule has 1 aliphatic rings. The Kier molecular flexibility index (Phi) is 5.24. The predicted molar refractivity (Wildman–Crippen MR) is 81.1 cm³/mol. The molecule has 21 heavy (non-hydrogen) atoms. The summed E-state index contributed by atoms with van der Waals surface area (Å²) < 4.78 is 1.65. The number of carbonyl (C=O) groups excluding carboxylic acids is 1. The van der Waals surface area contributed by atoms with Crippen LogP contribution in [0, 0.1) is 6.92 Å². The van der Waals surface area contributed by atoms with E-state index in [2.05, 4.69) is 5.10 Å². The SMILES string of the molecule is Cc1nn(C)c(Cl)c1CN(C)CC(=O)N1CCC(O)CC1. The Morgan fingerprint density at radius 1 is 1.48 bits per heavy atom. The molecule has 1 aromatic rings. The summed E-state index contributed by atoms with van der Waals surface area (Å²) in [5.74, 6) is 0.0991. The molecule has 1 aromatic heterocycles. The molecular formula is C14H23ClN4O2. The van der Waals surface area contributed by atoms with Crippen molar-refractivity contribution in [2.24, 2.45) is 7.05 Å². The maximum atomic E-state index is 12.2. The van der Waals surface area contributed by atoms with Crippen LogP contribution in [-0.2, 0) is 18.4 Å². The van der Waals surface area contributed by atoms with Gasteiger partial charge in [0.15, 0.2) is 0 Å². The third kappa shape index (κ3) is 3.96. The molecule has 1 N–H and O–H groups in total. The van der Waals surface area contributed by atoms with E-state index in [1.165, 1.54) is 0 Å². The lowest BCUT2D eigenvalue weighted by atomic mass is 10.1. The first-order valence-corrected chi connectivity index (χ1v) is 7.58. The average Bonchev–Trinajstić information content (AvgIpc) is 2.66. The smallest absolute Gasteiger partial charge is 0.236 e. The summed E-state index contributed by atoms with van der Waals surface area (Å²) >= 11 is 6.21. The second-order valence-corrected chi connectivity index (χ2v) is 6.12. The molecular weight excluding hydrogens is 292 g/mol. The molecule has 1 saturated heterocycles. The van der Waals surface area contributed by atoms with Crippen molar-refractivity contribution in [1.82, 2.24) is 19.6 Å². The van der Waals surface area contributed by atoms with Gasteiger partial charge in [0.1, 0.15) is 5.15 Å². The second kappa shape index (κ2) is 6.77. The molecule has 0 bridgehead atoms. The van der Waals surface area contributed by atoms with Crippen LogP contribution in [0.4, 0.5) is 0 Å². The van der Waals surface area contributed by atoms with Gasteiger partial charge < -0.3 is 10.0 Å². The third-order valence-electron chi connectivity index (χ3n) is 3.92. The highest BCUT2D eigenvalue weighted by Crippen LogP contribution is 2.20. The number of likely N-dealkylation sites (N-methyl/N-ethyl adjacent to an activating group) is 1. The third-order valence-corrected chi connectivity index (χ3v) is 4.39. The Bertz CT molecular complexity index is 509. The molecule has 1 amide bonds. The summed E-state index contributed by atoms with van der Waals surface area (Å²) in [6.07, 6.45) is 1.08. The van der Waals surface area contributed by atoms with E-state index < -0.39 is 0 Å². The minimum atomic E-state index is -0.261. The van der Waals surface area contributed by atoms with E-state index in [0.717, 1.165) is 11.3 Å². The van der Waals surface area contributed by atoms with Gasteiger partial charge in [-0.15, -0.1) is 0 Å². The zero-order valence-corrected chi connectivity index (χ0v) is 13.6. The maximum absolute atomic E-state index is 12.2. The van der Waals surface area contributed by atoms with Gasteiger partial charge >= 0.3 is 0 Å². The summed E-state index contributed by atoms with van der Waals surface area (Å²) in [6, 6.07) is 0. The van der Waals surface area contributed by atoms with Crippen molar-refractivity contribution in [3.63, 3.8) is 0 Å². The Morgan fingerprint density at radius 2 is 2.10 bits per heavy atom. The van der Waals surface area contributed by atoms with Gasteiger partial charge in [-0.2, -0.15) is 5.10 Å². The van der Waals surface area contributed by atoms with E-state index in [9.17, 15) is 9.90 Å². The highest BCUT2D eigenvalue weighted by Gasteiger charge is 2.22. The highest BCUT2D eigenvalue weighted by molar-refractivity contribution is 6.30. The first-order chi connectivity index (χ1) is 9.88. The first kappa shape index (κ1) is 16.3. The lowest BCUT2D eigenvalue weighted by Crippen LogP contribution is -2.44. The number of aliphatic hydroxyl groups excluding tert-OH is 1. The van der Waals surface area contributed by atoms with Crippen LogP contribution in [0.25, 0.3) is 0 Å². The van der Waals surface area contributed by atoms with E-state index in [0.29, 0.717) is 44.2 Å². The molecule has 1 fully saturated rings. The number of hydrogen-bond donors (Lipinski definition) is 1. The summed E-state index contributed by atoms with van der Waals surface area (Å²) in [5, 5.41) is 14.4. The minimum absolute atomic E-state index is 0.0991. The van der Waals surface area contributed by atoms with Crippen molar-refractivity contribution >= 4 is 17.5 Å². The average molecular weight is 315 g/mol. The number of carbonyl (C=O) groups is 1. The van der Waals surface area contributed by atoms with Crippen LogP contribution in [0.15, 0.2) is 0 Å². The van der Waals surface area contributed by atoms with Crippen molar-refractivity contribution in [3.05, 3.63) is 16.4 Å². The predicted octanol–water partition coefficient (Wildman–Crippen LogP) is 0.797. The maximum Gasteiger partial charge on any atom is 0.236 e. The lowest BCUT2D eigenvalue weighted by molar-refractivity contribution is -0.134. The number of amides is 1. The van der Waals surface area contributed by atoms with Gasteiger partial charge in [0, 0.05) is 32.2 Å². The molecule has 118 valence electrons. The first-order valence-electron chi connectivity index (χ1n) is 7.21. The molecule has 0 saturated carbocycles. The van der Waals surface area contributed by atoms with Gasteiger partial charge in [-0.3, -0.25) is 14.4 Å². The fourth-order valence-corrected chi connectivity index (χ4v) is 2.86. The van der Waals surface area contributed by atoms with E-state index in [1.54, 1.807) is 4.68 Å². The molecule has 7 heteroatoms. The number of hydrogen-bond acceptors (Lipinski definition) is 4. The van der Waals surface area contributed by atoms with E-state index in [-0.39, 0.29) is 12.0 Å².